The van der Waals surface area contributed by atoms with E-state index in [1.54, 1.807) is 35.2 Å². The van der Waals surface area contributed by atoms with Gasteiger partial charge in [-0.3, -0.25) is 19.0 Å². The Bertz CT molecular complexity index is 2140. The molecule has 0 saturated carbocycles. The van der Waals surface area contributed by atoms with Gasteiger partial charge in [0.1, 0.15) is 22.3 Å². The van der Waals surface area contributed by atoms with E-state index in [2.05, 4.69) is 20.6 Å². The fourth-order valence-corrected chi connectivity index (χ4v) is 7.16. The van der Waals surface area contributed by atoms with Crippen LogP contribution < -0.4 is 26.9 Å². The van der Waals surface area contributed by atoms with Crippen LogP contribution in [0.1, 0.15) is 30.4 Å². The monoisotopic (exact) mass is 689 g/mol. The number of amides is 3. The number of aromatic nitrogens is 3. The molecule has 4 heterocycles. The number of fused-ring (bicyclic) bond motifs is 1. The number of hydrogen-bond acceptors (Lipinski definition) is 8. The van der Waals surface area contributed by atoms with E-state index in [4.69, 9.17) is 0 Å². The first-order valence-electron chi connectivity index (χ1n) is 15.4. The lowest BCUT2D eigenvalue weighted by Crippen LogP contribution is -2.40. The highest BCUT2D eigenvalue weighted by Crippen LogP contribution is 2.38. The normalized spacial score (nSPS) is 13.3. The summed E-state index contributed by atoms with van der Waals surface area (Å²) in [6, 6.07) is 12.9. The molecule has 0 spiro atoms. The van der Waals surface area contributed by atoms with E-state index in [1.807, 2.05) is 19.0 Å². The molecule has 1 aliphatic rings. The molecule has 1 fully saturated rings. The first-order chi connectivity index (χ1) is 23.6. The van der Waals surface area contributed by atoms with Crippen molar-refractivity contribution in [2.45, 2.75) is 32.4 Å². The van der Waals surface area contributed by atoms with Crippen molar-refractivity contribution in [3.63, 3.8) is 0 Å². The van der Waals surface area contributed by atoms with E-state index in [1.165, 1.54) is 30.0 Å². The molecule has 5 aromatic rings. The Morgan fingerprint density at radius 3 is 2.37 bits per heavy atom. The van der Waals surface area contributed by atoms with E-state index in [-0.39, 0.29) is 34.0 Å². The second kappa shape index (κ2) is 14.1. The second-order valence-corrected chi connectivity index (χ2v) is 12.8. The van der Waals surface area contributed by atoms with Gasteiger partial charge in [0.2, 0.25) is 5.91 Å². The number of carbonyl (C=O) groups is 2. The van der Waals surface area contributed by atoms with Gasteiger partial charge in [0.05, 0.1) is 30.9 Å². The summed E-state index contributed by atoms with van der Waals surface area (Å²) in [5.74, 6) is -1.70. The molecule has 0 aliphatic carbocycles. The third kappa shape index (κ3) is 6.72. The summed E-state index contributed by atoms with van der Waals surface area (Å²) < 4.78 is 32.1. The Hall–Kier alpha value is -5.25. The van der Waals surface area contributed by atoms with Crippen molar-refractivity contribution < 1.29 is 23.2 Å². The minimum atomic E-state index is -0.836. The highest BCUT2D eigenvalue weighted by atomic mass is 32.1. The number of hydrogen-bond donors (Lipinski definition) is 2. The van der Waals surface area contributed by atoms with Crippen LogP contribution in [-0.2, 0) is 22.7 Å². The molecule has 2 N–H and O–H groups in total. The number of anilines is 2. The second-order valence-electron chi connectivity index (χ2n) is 11.8. The summed E-state index contributed by atoms with van der Waals surface area (Å²) in [5, 5.41) is 2.83. The van der Waals surface area contributed by atoms with Crippen molar-refractivity contribution in [3.8, 4) is 16.3 Å². The largest absolute Gasteiger partial charge is 0.343 e. The number of nitrogens with zero attached hydrogens (tertiary/aromatic N) is 5. The summed E-state index contributed by atoms with van der Waals surface area (Å²) in [6.07, 6.45) is 3.52. The standard InChI is InChI=1S/C34H33F2N7O5S/c1-40(2)18-24-29-31(45)43(27-15-14-22(17-37-27)41-16-5-4-9-28(41)44)34(47)42(19-23-25(35)7-6-8-26(23)36)32(29)49-30(24)20-10-12-21(13-11-20)38-33(46)39-48-3/h6-8,10-15,17H,4-5,9,16,18-19H2,1-3H3,(H2,38,39,46). The molecule has 1 aliphatic heterocycles. The fraction of sp³-hybridized carbons (Fsp3) is 0.265. The third-order valence-electron chi connectivity index (χ3n) is 8.12. The van der Waals surface area contributed by atoms with Crippen LogP contribution in [0.3, 0.4) is 0 Å². The lowest BCUT2D eigenvalue weighted by Gasteiger charge is -2.26. The van der Waals surface area contributed by atoms with Crippen LogP contribution in [0.25, 0.3) is 26.5 Å². The van der Waals surface area contributed by atoms with Crippen molar-refractivity contribution >= 4 is 44.9 Å². The number of hydroxylamine groups is 1. The van der Waals surface area contributed by atoms with Crippen molar-refractivity contribution in [1.29, 1.82) is 0 Å². The van der Waals surface area contributed by atoms with Crippen molar-refractivity contribution in [2.75, 3.05) is 38.0 Å². The molecule has 15 heteroatoms. The lowest BCUT2D eigenvalue weighted by atomic mass is 10.1. The van der Waals surface area contributed by atoms with Crippen LogP contribution >= 0.6 is 11.3 Å². The SMILES string of the molecule is CONC(=O)Nc1ccc(-c2sc3c(c2CN(C)C)c(=O)n(-c2ccc(N4CCCCC4=O)cn2)c(=O)n3Cc2c(F)cccc2F)cc1. The zero-order chi connectivity index (χ0) is 34.8. The van der Waals surface area contributed by atoms with E-state index < -0.39 is 35.5 Å². The molecule has 1 saturated heterocycles. The van der Waals surface area contributed by atoms with Gasteiger partial charge >= 0.3 is 11.7 Å². The average molecular weight is 690 g/mol. The maximum atomic E-state index is 15.0. The van der Waals surface area contributed by atoms with Gasteiger partial charge in [-0.2, -0.15) is 0 Å². The Morgan fingerprint density at radius 2 is 1.73 bits per heavy atom. The maximum absolute atomic E-state index is 15.0. The van der Waals surface area contributed by atoms with E-state index in [0.29, 0.717) is 40.3 Å². The molecule has 0 radical (unpaired) electrons. The zero-order valence-electron chi connectivity index (χ0n) is 27.0. The minimum absolute atomic E-state index is 0.00109. The van der Waals surface area contributed by atoms with E-state index >= 15 is 8.78 Å². The Morgan fingerprint density at radius 1 is 1.00 bits per heavy atom. The predicted octanol–water partition coefficient (Wildman–Crippen LogP) is 4.86. The molecule has 49 heavy (non-hydrogen) atoms. The van der Waals surface area contributed by atoms with Gasteiger partial charge in [-0.25, -0.2) is 33.4 Å². The number of urea groups is 1. The van der Waals surface area contributed by atoms with Crippen LogP contribution in [0, 0.1) is 11.6 Å². The summed E-state index contributed by atoms with van der Waals surface area (Å²) in [6.45, 7) is 0.333. The molecule has 3 amide bonds. The van der Waals surface area contributed by atoms with Gasteiger partial charge in [0.15, 0.2) is 0 Å². The Balaban J connectivity index is 1.56. The highest BCUT2D eigenvalue weighted by molar-refractivity contribution is 7.22. The van der Waals surface area contributed by atoms with Gasteiger partial charge in [0, 0.05) is 35.6 Å². The molecular weight excluding hydrogens is 656 g/mol. The number of thiophene rings is 1. The van der Waals surface area contributed by atoms with Gasteiger partial charge in [-0.15, -0.1) is 11.3 Å². The van der Waals surface area contributed by atoms with Crippen LogP contribution in [0.5, 0.6) is 0 Å². The summed E-state index contributed by atoms with van der Waals surface area (Å²) in [5.41, 5.74) is 2.66. The highest BCUT2D eigenvalue weighted by Gasteiger charge is 2.26. The lowest BCUT2D eigenvalue weighted by molar-refractivity contribution is -0.119. The smallest absolute Gasteiger partial charge is 0.311 e. The number of carbonyl (C=O) groups excluding carboxylic acids is 2. The van der Waals surface area contributed by atoms with E-state index in [9.17, 15) is 19.2 Å². The average Bonchev–Trinajstić information content (AvgIpc) is 3.44. The molecule has 254 valence electrons. The first kappa shape index (κ1) is 33.6. The maximum Gasteiger partial charge on any atom is 0.343 e. The molecule has 12 nitrogen and oxygen atoms in total. The van der Waals surface area contributed by atoms with Gasteiger partial charge in [-0.05, 0) is 74.5 Å². The van der Waals surface area contributed by atoms with Crippen LogP contribution in [-0.4, -0.2) is 58.7 Å². The number of piperidine rings is 1. The minimum Gasteiger partial charge on any atom is -0.311 e. The predicted molar refractivity (Wildman–Crippen MR) is 183 cm³/mol. The summed E-state index contributed by atoms with van der Waals surface area (Å²) in [7, 11) is 4.98. The molecule has 3 aromatic heterocycles. The number of halogens is 2. The topological polar surface area (TPSA) is 131 Å². The van der Waals surface area contributed by atoms with Gasteiger partial charge in [-0.1, -0.05) is 18.2 Å². The first-order valence-corrected chi connectivity index (χ1v) is 16.2. The van der Waals surface area contributed by atoms with Crippen molar-refractivity contribution in [3.05, 3.63) is 104 Å². The fourth-order valence-electron chi connectivity index (χ4n) is 5.86. The number of benzene rings is 2. The number of rotatable bonds is 9. The van der Waals surface area contributed by atoms with Crippen LogP contribution in [0.4, 0.5) is 25.0 Å². The zero-order valence-corrected chi connectivity index (χ0v) is 27.8. The van der Waals surface area contributed by atoms with Gasteiger partial charge in [0.25, 0.3) is 5.56 Å². The van der Waals surface area contributed by atoms with Crippen molar-refractivity contribution in [2.24, 2.45) is 0 Å². The molecule has 0 bridgehead atoms. The number of nitrogens with one attached hydrogen (secondary N) is 2. The van der Waals surface area contributed by atoms with Crippen LogP contribution in [0.15, 0.2) is 70.4 Å². The molecule has 0 unspecified atom stereocenters. The van der Waals surface area contributed by atoms with Crippen LogP contribution in [0.2, 0.25) is 0 Å². The third-order valence-corrected chi connectivity index (χ3v) is 9.43. The quantitative estimate of drug-likeness (QED) is 0.212. The van der Waals surface area contributed by atoms with Crippen molar-refractivity contribution in [1.82, 2.24) is 24.5 Å². The molecule has 0 atom stereocenters. The molecule has 2 aromatic carbocycles. The Kier molecular flexibility index (Phi) is 9.67. The molecule has 6 rings (SSSR count). The number of pyridine rings is 1. The van der Waals surface area contributed by atoms with Gasteiger partial charge < -0.3 is 15.1 Å². The summed E-state index contributed by atoms with van der Waals surface area (Å²) in [4.78, 5) is 66.6. The summed E-state index contributed by atoms with van der Waals surface area (Å²) >= 11 is 1.15. The molecular formula is C34H33F2N7O5S. The van der Waals surface area contributed by atoms with E-state index in [0.717, 1.165) is 40.9 Å². The Labute approximate surface area is 283 Å².